The summed E-state index contributed by atoms with van der Waals surface area (Å²) < 4.78 is 2.15. The minimum atomic E-state index is 0.146. The standard InChI is InChI=1S/C23H36N4OS/c1-27-20(14-23-11-16-8-17(12-23)10-18(9-16)13-23)25-26-22(27)29-15-21(28)24-19-6-4-2-3-5-7-19/h16-19H,2-15H2,1H3,(H,24,28). The van der Waals surface area contributed by atoms with Crippen molar-refractivity contribution in [2.45, 2.75) is 94.7 Å². The van der Waals surface area contributed by atoms with Crippen molar-refractivity contribution in [3.63, 3.8) is 0 Å². The molecule has 0 radical (unpaired) electrons. The minimum Gasteiger partial charge on any atom is -0.353 e. The molecular weight excluding hydrogens is 380 g/mol. The second kappa shape index (κ2) is 8.24. The first-order valence-electron chi connectivity index (χ1n) is 11.9. The molecule has 29 heavy (non-hydrogen) atoms. The van der Waals surface area contributed by atoms with Gasteiger partial charge >= 0.3 is 0 Å². The van der Waals surface area contributed by atoms with Crippen LogP contribution in [0.4, 0.5) is 0 Å². The Morgan fingerprint density at radius 3 is 2.28 bits per heavy atom. The lowest BCUT2D eigenvalue weighted by atomic mass is 9.49. The number of hydrogen-bond acceptors (Lipinski definition) is 4. The van der Waals surface area contributed by atoms with Gasteiger partial charge in [-0.05, 0) is 74.5 Å². The maximum absolute atomic E-state index is 12.4. The van der Waals surface area contributed by atoms with Crippen LogP contribution in [-0.4, -0.2) is 32.5 Å². The maximum Gasteiger partial charge on any atom is 0.230 e. The number of rotatable bonds is 6. The van der Waals surface area contributed by atoms with Crippen LogP contribution in [0.15, 0.2) is 5.16 Å². The van der Waals surface area contributed by atoms with Crippen molar-refractivity contribution in [1.82, 2.24) is 20.1 Å². The Balaban J connectivity index is 1.16. The van der Waals surface area contributed by atoms with E-state index in [0.717, 1.165) is 48.0 Å². The molecule has 1 aromatic rings. The highest BCUT2D eigenvalue weighted by molar-refractivity contribution is 7.99. The monoisotopic (exact) mass is 416 g/mol. The van der Waals surface area contributed by atoms with Gasteiger partial charge in [0.15, 0.2) is 5.16 Å². The van der Waals surface area contributed by atoms with E-state index in [9.17, 15) is 4.79 Å². The molecule has 0 aliphatic heterocycles. The van der Waals surface area contributed by atoms with Crippen LogP contribution < -0.4 is 5.32 Å². The Hall–Kier alpha value is -1.04. The zero-order valence-corrected chi connectivity index (χ0v) is 18.7. The molecule has 160 valence electrons. The smallest absolute Gasteiger partial charge is 0.230 e. The Morgan fingerprint density at radius 1 is 1.03 bits per heavy atom. The maximum atomic E-state index is 12.4. The van der Waals surface area contributed by atoms with Gasteiger partial charge in [-0.1, -0.05) is 37.4 Å². The van der Waals surface area contributed by atoms with Gasteiger partial charge in [0.2, 0.25) is 5.91 Å². The molecule has 4 bridgehead atoms. The molecule has 0 unspecified atom stereocenters. The average molecular weight is 417 g/mol. The molecule has 1 aromatic heterocycles. The number of carbonyl (C=O) groups is 1. The van der Waals surface area contributed by atoms with Gasteiger partial charge in [-0.25, -0.2) is 0 Å². The van der Waals surface area contributed by atoms with Gasteiger partial charge in [-0.3, -0.25) is 4.79 Å². The second-order valence-corrected chi connectivity index (χ2v) is 11.5. The highest BCUT2D eigenvalue weighted by Crippen LogP contribution is 2.60. The van der Waals surface area contributed by atoms with Crippen molar-refractivity contribution in [3.05, 3.63) is 5.82 Å². The first-order chi connectivity index (χ1) is 14.1. The molecule has 0 atom stereocenters. The fraction of sp³-hybridized carbons (Fsp3) is 0.870. The van der Waals surface area contributed by atoms with E-state index in [1.165, 1.54) is 76.0 Å². The molecule has 6 rings (SSSR count). The van der Waals surface area contributed by atoms with E-state index in [1.54, 1.807) is 0 Å². The summed E-state index contributed by atoms with van der Waals surface area (Å²) in [6, 6.07) is 0.372. The zero-order chi connectivity index (χ0) is 19.8. The fourth-order valence-corrected chi connectivity index (χ4v) is 8.03. The van der Waals surface area contributed by atoms with E-state index < -0.39 is 0 Å². The molecule has 5 nitrogen and oxygen atoms in total. The van der Waals surface area contributed by atoms with Gasteiger partial charge in [-0.15, -0.1) is 10.2 Å². The Labute approximate surface area is 179 Å². The molecule has 0 saturated heterocycles. The lowest BCUT2D eigenvalue weighted by molar-refractivity contribution is -0.119. The van der Waals surface area contributed by atoms with E-state index in [2.05, 4.69) is 27.1 Å². The average Bonchev–Trinajstić information content (AvgIpc) is 2.86. The molecule has 1 N–H and O–H groups in total. The number of amides is 1. The van der Waals surface area contributed by atoms with E-state index in [0.29, 0.717) is 17.2 Å². The molecule has 5 saturated carbocycles. The third kappa shape index (κ3) is 4.38. The summed E-state index contributed by atoms with van der Waals surface area (Å²) in [6.45, 7) is 0. The van der Waals surface area contributed by atoms with Crippen molar-refractivity contribution in [2.75, 3.05) is 5.75 Å². The highest BCUT2D eigenvalue weighted by atomic mass is 32.2. The van der Waals surface area contributed by atoms with Crippen molar-refractivity contribution in [1.29, 1.82) is 0 Å². The van der Waals surface area contributed by atoms with Crippen LogP contribution in [0, 0.1) is 23.2 Å². The predicted molar refractivity (Wildman–Crippen MR) is 116 cm³/mol. The SMILES string of the molecule is Cn1c(CC23CC4CC(CC(C4)C2)C3)nnc1SCC(=O)NC1CCCCCC1. The quantitative estimate of drug-likeness (QED) is 0.548. The van der Waals surface area contributed by atoms with Gasteiger partial charge < -0.3 is 9.88 Å². The largest absolute Gasteiger partial charge is 0.353 e. The number of nitrogens with zero attached hydrogens (tertiary/aromatic N) is 3. The molecule has 1 heterocycles. The number of hydrogen-bond donors (Lipinski definition) is 1. The van der Waals surface area contributed by atoms with Crippen LogP contribution in [0.3, 0.4) is 0 Å². The molecular formula is C23H36N4OS. The van der Waals surface area contributed by atoms with Gasteiger partial charge in [0.05, 0.1) is 5.75 Å². The number of carbonyl (C=O) groups excluding carboxylic acids is 1. The van der Waals surface area contributed by atoms with Gasteiger partial charge in [0.25, 0.3) is 0 Å². The van der Waals surface area contributed by atoms with Crippen LogP contribution in [0.5, 0.6) is 0 Å². The number of thioether (sulfide) groups is 1. The highest BCUT2D eigenvalue weighted by Gasteiger charge is 2.51. The van der Waals surface area contributed by atoms with E-state index in [1.807, 2.05) is 0 Å². The fourth-order valence-electron chi connectivity index (χ4n) is 7.29. The lowest BCUT2D eigenvalue weighted by Crippen LogP contribution is -2.47. The van der Waals surface area contributed by atoms with Crippen molar-refractivity contribution in [2.24, 2.45) is 30.2 Å². The Bertz CT molecular complexity index is 702. The molecule has 5 fully saturated rings. The van der Waals surface area contributed by atoms with Crippen LogP contribution in [0.2, 0.25) is 0 Å². The Morgan fingerprint density at radius 2 is 1.66 bits per heavy atom. The van der Waals surface area contributed by atoms with E-state index in [4.69, 9.17) is 0 Å². The first-order valence-corrected chi connectivity index (χ1v) is 12.9. The van der Waals surface area contributed by atoms with Crippen molar-refractivity contribution in [3.8, 4) is 0 Å². The lowest BCUT2D eigenvalue weighted by Gasteiger charge is -2.56. The van der Waals surface area contributed by atoms with Crippen LogP contribution >= 0.6 is 11.8 Å². The topological polar surface area (TPSA) is 59.8 Å². The van der Waals surface area contributed by atoms with Gasteiger partial charge in [0, 0.05) is 19.5 Å². The van der Waals surface area contributed by atoms with Crippen molar-refractivity contribution >= 4 is 17.7 Å². The molecule has 0 spiro atoms. The zero-order valence-electron chi connectivity index (χ0n) is 17.9. The summed E-state index contributed by atoms with van der Waals surface area (Å²) in [4.78, 5) is 12.4. The van der Waals surface area contributed by atoms with Crippen LogP contribution in [0.25, 0.3) is 0 Å². The second-order valence-electron chi connectivity index (χ2n) is 10.6. The van der Waals surface area contributed by atoms with Gasteiger partial charge in [-0.2, -0.15) is 0 Å². The minimum absolute atomic E-state index is 0.146. The number of aromatic nitrogens is 3. The van der Waals surface area contributed by atoms with Crippen molar-refractivity contribution < 1.29 is 4.79 Å². The predicted octanol–water partition coefficient (Wildman–Crippen LogP) is 4.51. The summed E-state index contributed by atoms with van der Waals surface area (Å²) in [6.07, 6.45) is 17.1. The van der Waals surface area contributed by atoms with Gasteiger partial charge in [0.1, 0.15) is 5.82 Å². The summed E-state index contributed by atoms with van der Waals surface area (Å²) in [7, 11) is 2.08. The molecule has 5 aliphatic carbocycles. The summed E-state index contributed by atoms with van der Waals surface area (Å²) in [5, 5.41) is 13.1. The normalized spacial score (nSPS) is 34.3. The third-order valence-corrected chi connectivity index (χ3v) is 9.20. The number of nitrogens with one attached hydrogen (secondary N) is 1. The van der Waals surface area contributed by atoms with Crippen LogP contribution in [0.1, 0.15) is 82.9 Å². The molecule has 6 heteroatoms. The summed E-state index contributed by atoms with van der Waals surface area (Å²) in [5.74, 6) is 4.62. The summed E-state index contributed by atoms with van der Waals surface area (Å²) >= 11 is 1.54. The molecule has 0 aromatic carbocycles. The van der Waals surface area contributed by atoms with E-state index >= 15 is 0 Å². The first kappa shape index (κ1) is 19.9. The third-order valence-electron chi connectivity index (χ3n) is 8.18. The van der Waals surface area contributed by atoms with E-state index in [-0.39, 0.29) is 5.91 Å². The van der Waals surface area contributed by atoms with Crippen LogP contribution in [-0.2, 0) is 18.3 Å². The molecule has 1 amide bonds. The molecule has 5 aliphatic rings. The Kier molecular flexibility index (Phi) is 5.65. The summed E-state index contributed by atoms with van der Waals surface area (Å²) in [5.41, 5.74) is 0.481.